The van der Waals surface area contributed by atoms with E-state index in [9.17, 15) is 27.6 Å². The van der Waals surface area contributed by atoms with Crippen LogP contribution >= 0.6 is 0 Å². The van der Waals surface area contributed by atoms with Crippen LogP contribution in [0.4, 0.5) is 4.79 Å². The highest BCUT2D eigenvalue weighted by Crippen LogP contribution is 2.48. The number of amides is 3. The Bertz CT molecular complexity index is 2080. The number of nitrogens with one attached hydrogen (secondary N) is 3. The molecule has 15 heteroatoms. The Morgan fingerprint density at radius 1 is 1.03 bits per heavy atom. The molecule has 1 aromatic heterocycles. The van der Waals surface area contributed by atoms with Crippen LogP contribution in [0.2, 0.25) is 0 Å². The standard InChI is InChI=1S/C43H58N4O10S/c1-7-26-23-43(26,40(50)47-58(52,53)28-16-17-28)46-39(49)30-20-27-19-29(30)37(48)38(42(3,4)5)45-41(51)57-33-15-10-9-12-24(33)13-11-14-25-18-31-32(21-34(25)54-6)44-36(55-8-2)22-35(31)56-27/h11,14,18,21-22,24,26-30,33,38H,7-10,12-13,15-17,19-20,23H2,1-6H3,(H,45,51)(H,46,49)(H,47,50)/b14-11+/t24-,26-,27-,29?,30+,33+,38+,43+/m0/s1. The van der Waals surface area contributed by atoms with Gasteiger partial charge in [-0.1, -0.05) is 52.7 Å². The molecule has 4 saturated carbocycles. The van der Waals surface area contributed by atoms with E-state index in [1.54, 1.807) is 13.2 Å². The lowest BCUT2D eigenvalue weighted by molar-refractivity contribution is -0.137. The number of alkyl carbamates (subject to hydrolysis) is 1. The van der Waals surface area contributed by atoms with Gasteiger partial charge in [0.1, 0.15) is 29.2 Å². The first-order valence-electron chi connectivity index (χ1n) is 20.9. The van der Waals surface area contributed by atoms with Crippen LogP contribution < -0.4 is 29.6 Å². The lowest BCUT2D eigenvalue weighted by Gasteiger charge is -2.35. The van der Waals surface area contributed by atoms with Crippen molar-refractivity contribution in [2.24, 2.45) is 29.1 Å². The van der Waals surface area contributed by atoms with Gasteiger partial charge in [-0.2, -0.15) is 0 Å². The van der Waals surface area contributed by atoms with Gasteiger partial charge in [0.25, 0.3) is 5.91 Å². The molecule has 3 amide bonds. The van der Waals surface area contributed by atoms with Crippen molar-refractivity contribution >= 4 is 50.7 Å². The van der Waals surface area contributed by atoms with Crippen LogP contribution in [0.15, 0.2) is 24.3 Å². The van der Waals surface area contributed by atoms with E-state index in [-0.39, 0.29) is 43.0 Å². The number of rotatable bonds is 9. The Hall–Kier alpha value is -4.40. The van der Waals surface area contributed by atoms with Crippen molar-refractivity contribution < 1.29 is 46.5 Å². The zero-order valence-corrected chi connectivity index (χ0v) is 35.2. The molecule has 58 heavy (non-hydrogen) atoms. The van der Waals surface area contributed by atoms with Crippen LogP contribution in [0.3, 0.4) is 0 Å². The number of methoxy groups -OCH3 is 1. The van der Waals surface area contributed by atoms with Crippen LogP contribution in [0.5, 0.6) is 17.4 Å². The van der Waals surface area contributed by atoms with Crippen LogP contribution in [-0.2, 0) is 29.1 Å². The number of fused-ring (bicyclic) bond motifs is 4. The molecular weight excluding hydrogens is 765 g/mol. The highest BCUT2D eigenvalue weighted by molar-refractivity contribution is 7.91. The molecule has 1 unspecified atom stereocenters. The highest BCUT2D eigenvalue weighted by atomic mass is 32.2. The van der Waals surface area contributed by atoms with E-state index >= 15 is 0 Å². The van der Waals surface area contributed by atoms with E-state index in [2.05, 4.69) is 21.4 Å². The molecule has 2 aromatic rings. The lowest BCUT2D eigenvalue weighted by atomic mass is 9.77. The van der Waals surface area contributed by atoms with Gasteiger partial charge in [0.05, 0.1) is 36.4 Å². The van der Waals surface area contributed by atoms with Crippen molar-refractivity contribution in [3.8, 4) is 17.4 Å². The van der Waals surface area contributed by atoms with E-state index < -0.39 is 68.1 Å². The second kappa shape index (κ2) is 16.3. The summed E-state index contributed by atoms with van der Waals surface area (Å²) < 4.78 is 52.4. The number of carbonyl (C=O) groups is 4. The minimum absolute atomic E-state index is 0.0704. The number of ether oxygens (including phenoxy) is 4. The van der Waals surface area contributed by atoms with Gasteiger partial charge in [-0.3, -0.25) is 19.1 Å². The maximum atomic E-state index is 14.9. The number of hydrogen-bond donors (Lipinski definition) is 3. The van der Waals surface area contributed by atoms with Crippen LogP contribution in [0.25, 0.3) is 17.0 Å². The molecule has 5 aliphatic rings. The molecule has 4 fully saturated rings. The summed E-state index contributed by atoms with van der Waals surface area (Å²) in [6.07, 6.45) is 8.58. The lowest BCUT2D eigenvalue weighted by Crippen LogP contribution is -2.56. The molecule has 316 valence electrons. The number of hydrogen-bond acceptors (Lipinski definition) is 11. The number of Topliss-reactive ketones (excluding diaryl/α,β-unsaturated/α-hetero) is 1. The van der Waals surface area contributed by atoms with Gasteiger partial charge >= 0.3 is 6.09 Å². The topological polar surface area (TPSA) is 188 Å². The quantitative estimate of drug-likeness (QED) is 0.269. The number of ketones is 1. The Kier molecular flexibility index (Phi) is 11.8. The van der Waals surface area contributed by atoms with Crippen molar-refractivity contribution in [3.63, 3.8) is 0 Å². The molecular formula is C43H58N4O10S. The molecule has 0 radical (unpaired) electrons. The number of benzene rings is 1. The Morgan fingerprint density at radius 2 is 1.79 bits per heavy atom. The van der Waals surface area contributed by atoms with Crippen molar-refractivity contribution in [3.05, 3.63) is 29.8 Å². The van der Waals surface area contributed by atoms with E-state index in [1.807, 2.05) is 52.8 Å². The molecule has 3 N–H and O–H groups in total. The molecule has 0 spiro atoms. The van der Waals surface area contributed by atoms with Gasteiger partial charge < -0.3 is 29.6 Å². The second-order valence-corrected chi connectivity index (χ2v) is 19.8. The number of aromatic nitrogens is 1. The maximum absolute atomic E-state index is 14.9. The van der Waals surface area contributed by atoms with Gasteiger partial charge in [0.15, 0.2) is 5.78 Å². The van der Waals surface area contributed by atoms with E-state index in [4.69, 9.17) is 23.9 Å². The third-order valence-corrected chi connectivity index (χ3v) is 14.5. The van der Waals surface area contributed by atoms with Crippen molar-refractivity contribution in [2.45, 2.75) is 134 Å². The van der Waals surface area contributed by atoms with Crippen molar-refractivity contribution in [1.29, 1.82) is 0 Å². The average molecular weight is 823 g/mol. The number of pyridine rings is 1. The summed E-state index contributed by atoms with van der Waals surface area (Å²) in [5, 5.41) is 5.92. The monoisotopic (exact) mass is 822 g/mol. The summed E-state index contributed by atoms with van der Waals surface area (Å²) in [5.74, 6) is -2.35. The third kappa shape index (κ3) is 8.65. The largest absolute Gasteiger partial charge is 0.496 e. The number of nitrogens with zero attached hydrogens (tertiary/aromatic N) is 1. The van der Waals surface area contributed by atoms with E-state index in [1.165, 1.54) is 0 Å². The fraction of sp³-hybridized carbons (Fsp3) is 0.651. The van der Waals surface area contributed by atoms with Gasteiger partial charge in [-0.05, 0) is 88.0 Å². The summed E-state index contributed by atoms with van der Waals surface area (Å²) in [5.41, 5.74) is -0.818. The number of allylic oxidation sites excluding steroid dienone is 1. The van der Waals surface area contributed by atoms with Crippen molar-refractivity contribution in [2.75, 3.05) is 13.7 Å². The van der Waals surface area contributed by atoms with Gasteiger partial charge in [0.2, 0.25) is 21.8 Å². The second-order valence-electron chi connectivity index (χ2n) is 17.8. The Morgan fingerprint density at radius 3 is 2.47 bits per heavy atom. The predicted molar refractivity (Wildman–Crippen MR) is 217 cm³/mol. The Labute approximate surface area is 341 Å². The third-order valence-electron chi connectivity index (χ3n) is 12.7. The first-order valence-corrected chi connectivity index (χ1v) is 22.5. The molecule has 1 aromatic carbocycles. The fourth-order valence-corrected chi connectivity index (χ4v) is 10.6. The van der Waals surface area contributed by atoms with E-state index in [0.29, 0.717) is 67.0 Å². The van der Waals surface area contributed by atoms with Gasteiger partial charge in [-0.25, -0.2) is 18.2 Å². The van der Waals surface area contributed by atoms with Gasteiger partial charge in [-0.15, -0.1) is 0 Å². The normalized spacial score (nSPS) is 30.8. The smallest absolute Gasteiger partial charge is 0.408 e. The first-order chi connectivity index (χ1) is 27.6. The predicted octanol–water partition coefficient (Wildman–Crippen LogP) is 5.99. The zero-order valence-electron chi connectivity index (χ0n) is 34.4. The fourth-order valence-electron chi connectivity index (χ4n) is 9.21. The summed E-state index contributed by atoms with van der Waals surface area (Å²) in [4.78, 5) is 61.6. The van der Waals surface area contributed by atoms with Crippen molar-refractivity contribution in [1.82, 2.24) is 20.3 Å². The van der Waals surface area contributed by atoms with E-state index in [0.717, 1.165) is 24.8 Å². The Balaban J connectivity index is 1.28. The molecule has 1 aliphatic heterocycles. The molecule has 8 atom stereocenters. The number of carbonyl (C=O) groups excluding carboxylic acids is 4. The minimum atomic E-state index is -3.87. The molecule has 14 nitrogen and oxygen atoms in total. The molecule has 2 heterocycles. The summed E-state index contributed by atoms with van der Waals surface area (Å²) in [7, 11) is -2.28. The molecule has 0 saturated heterocycles. The zero-order chi connectivity index (χ0) is 41.6. The highest BCUT2D eigenvalue weighted by Gasteiger charge is 2.62. The van der Waals surface area contributed by atoms with Crippen LogP contribution in [0, 0.1) is 29.1 Å². The SMILES string of the molecule is CCOc1cc2c3cc(c(OC)cc3n1)/C=C/C[C@@H]1CCCC[C@H]1OC(=O)N[C@@H](C(C)(C)C)C(=O)C1C[C@@H](C[C@H]1C(=O)N[C@]1(C(=O)NS(=O)(=O)C3CC3)C[C@@H]1CC)O2. The van der Waals surface area contributed by atoms with Crippen LogP contribution in [0.1, 0.15) is 111 Å². The summed E-state index contributed by atoms with van der Waals surface area (Å²) in [6.45, 7) is 9.67. The van der Waals surface area contributed by atoms with Crippen LogP contribution in [-0.4, -0.2) is 79.8 Å². The van der Waals surface area contributed by atoms with Gasteiger partial charge in [0, 0.05) is 29.0 Å². The average Bonchev–Trinajstić information content (AvgIpc) is 4.10. The minimum Gasteiger partial charge on any atom is -0.496 e. The summed E-state index contributed by atoms with van der Waals surface area (Å²) in [6, 6.07) is 4.47. The molecule has 7 rings (SSSR count). The molecule has 4 aliphatic carbocycles. The summed E-state index contributed by atoms with van der Waals surface area (Å²) >= 11 is 0. The number of sulfonamides is 1. The molecule has 4 bridgehead atoms. The first kappa shape index (κ1) is 41.7. The maximum Gasteiger partial charge on any atom is 0.408 e.